The zero-order valence-electron chi connectivity index (χ0n) is 15.8. The summed E-state index contributed by atoms with van der Waals surface area (Å²) in [6.45, 7) is 1.22. The van der Waals surface area contributed by atoms with Gasteiger partial charge in [-0.05, 0) is 42.7 Å². The number of pyridine rings is 1. The van der Waals surface area contributed by atoms with Crippen LogP contribution in [0.15, 0.2) is 47.3 Å². The topological polar surface area (TPSA) is 88.5 Å². The maximum Gasteiger partial charge on any atom is 0.251 e. The van der Waals surface area contributed by atoms with Crippen molar-refractivity contribution >= 4 is 15.9 Å². The molecule has 1 saturated heterocycles. The third kappa shape index (κ3) is 4.11. The molecule has 1 N–H and O–H groups in total. The largest absolute Gasteiger partial charge is 0.351 e. The van der Waals surface area contributed by atoms with Gasteiger partial charge in [0.15, 0.2) is 0 Å². The average molecular weight is 419 g/mol. The summed E-state index contributed by atoms with van der Waals surface area (Å²) in [5, 5.41) is 2.57. The van der Waals surface area contributed by atoms with E-state index in [1.165, 1.54) is 34.6 Å². The molecule has 1 fully saturated rings. The molecule has 9 heteroatoms. The minimum absolute atomic E-state index is 0.0000173. The van der Waals surface area contributed by atoms with E-state index in [-0.39, 0.29) is 35.3 Å². The molecule has 1 aromatic carbocycles. The lowest BCUT2D eigenvalue weighted by molar-refractivity contribution is 0.0956. The average Bonchev–Trinajstić information content (AvgIpc) is 2.69. The van der Waals surface area contributed by atoms with Gasteiger partial charge in [0, 0.05) is 49.4 Å². The summed E-state index contributed by atoms with van der Waals surface area (Å²) >= 11 is 0. The molecule has 0 aliphatic carbocycles. The third-order valence-corrected chi connectivity index (χ3v) is 7.40. The van der Waals surface area contributed by atoms with Crippen LogP contribution >= 0.6 is 0 Å². The van der Waals surface area contributed by atoms with Crippen LogP contribution in [0.25, 0.3) is 0 Å². The predicted octanol–water partition coefficient (Wildman–Crippen LogP) is 1.17. The molecule has 0 radical (unpaired) electrons. The molecule has 3 heterocycles. The number of carbonyl (C=O) groups is 1. The Kier molecular flexibility index (Phi) is 5.26. The smallest absolute Gasteiger partial charge is 0.251 e. The summed E-state index contributed by atoms with van der Waals surface area (Å²) in [5.41, 5.74) is 1.12. The molecule has 7 nitrogen and oxygen atoms in total. The number of hydrogen-bond donors (Lipinski definition) is 1. The second-order valence-corrected chi connectivity index (χ2v) is 9.68. The van der Waals surface area contributed by atoms with Gasteiger partial charge in [0.1, 0.15) is 5.82 Å². The Hall–Kier alpha value is -2.52. The zero-order chi connectivity index (χ0) is 20.6. The van der Waals surface area contributed by atoms with Crippen LogP contribution in [-0.2, 0) is 16.6 Å². The number of halogens is 1. The summed E-state index contributed by atoms with van der Waals surface area (Å²) in [4.78, 5) is 24.2. The van der Waals surface area contributed by atoms with Crippen molar-refractivity contribution in [1.82, 2.24) is 14.2 Å². The fraction of sp³-hybridized carbons (Fsp3) is 0.400. The lowest BCUT2D eigenvalue weighted by Crippen LogP contribution is -2.50. The fourth-order valence-electron chi connectivity index (χ4n) is 4.21. The molecular formula is C20H22FN3O4S. The molecule has 2 aliphatic heterocycles. The highest BCUT2D eigenvalue weighted by atomic mass is 32.2. The van der Waals surface area contributed by atoms with Gasteiger partial charge in [-0.2, -0.15) is 0 Å². The van der Waals surface area contributed by atoms with Crippen molar-refractivity contribution in [3.05, 3.63) is 69.9 Å². The van der Waals surface area contributed by atoms with Gasteiger partial charge < -0.3 is 9.88 Å². The lowest BCUT2D eigenvalue weighted by atomic mass is 9.84. The third-order valence-electron chi connectivity index (χ3n) is 5.59. The Labute approximate surface area is 168 Å². The highest BCUT2D eigenvalue weighted by molar-refractivity contribution is 7.89. The highest BCUT2D eigenvalue weighted by Crippen LogP contribution is 2.35. The van der Waals surface area contributed by atoms with Crippen LogP contribution in [0.5, 0.6) is 0 Å². The number of carbonyl (C=O) groups excluding carboxylic acids is 1. The Bertz CT molecular complexity index is 1080. The number of fused-ring (bicyclic) bond motifs is 4. The Balaban J connectivity index is 1.39. The Morgan fingerprint density at radius 3 is 2.62 bits per heavy atom. The van der Waals surface area contributed by atoms with Gasteiger partial charge in [0.25, 0.3) is 11.5 Å². The zero-order valence-corrected chi connectivity index (χ0v) is 16.6. The van der Waals surface area contributed by atoms with Crippen molar-refractivity contribution < 1.29 is 17.6 Å². The quantitative estimate of drug-likeness (QED) is 0.788. The predicted molar refractivity (Wildman–Crippen MR) is 106 cm³/mol. The number of aromatic nitrogens is 1. The molecule has 2 aliphatic rings. The van der Waals surface area contributed by atoms with Crippen LogP contribution in [0.1, 0.15) is 28.4 Å². The van der Waals surface area contributed by atoms with E-state index in [2.05, 4.69) is 5.32 Å². The fourth-order valence-corrected chi connectivity index (χ4v) is 5.67. The minimum atomic E-state index is -3.55. The number of benzene rings is 1. The maximum atomic E-state index is 12.9. The van der Waals surface area contributed by atoms with E-state index in [0.717, 1.165) is 12.1 Å². The van der Waals surface area contributed by atoms with Crippen molar-refractivity contribution in [3.8, 4) is 0 Å². The minimum Gasteiger partial charge on any atom is -0.351 e. The molecule has 0 unspecified atom stereocenters. The maximum absolute atomic E-state index is 12.9. The van der Waals surface area contributed by atoms with E-state index in [0.29, 0.717) is 19.6 Å². The van der Waals surface area contributed by atoms with E-state index in [1.807, 2.05) is 6.07 Å². The summed E-state index contributed by atoms with van der Waals surface area (Å²) in [6, 6.07) is 10.2. The van der Waals surface area contributed by atoms with Gasteiger partial charge in [-0.15, -0.1) is 0 Å². The van der Waals surface area contributed by atoms with Gasteiger partial charge in [0.05, 0.1) is 5.75 Å². The molecule has 1 aromatic heterocycles. The van der Waals surface area contributed by atoms with Crippen LogP contribution in [0.3, 0.4) is 0 Å². The summed E-state index contributed by atoms with van der Waals surface area (Å²) in [5.74, 6) is -0.987. The molecule has 0 saturated carbocycles. The van der Waals surface area contributed by atoms with Crippen LogP contribution in [0.4, 0.5) is 4.39 Å². The number of hydrogen-bond acceptors (Lipinski definition) is 4. The molecule has 2 aromatic rings. The second-order valence-electron chi connectivity index (χ2n) is 7.59. The van der Waals surface area contributed by atoms with Gasteiger partial charge in [0.2, 0.25) is 10.0 Å². The first-order valence-corrected chi connectivity index (χ1v) is 11.2. The van der Waals surface area contributed by atoms with Gasteiger partial charge in [-0.25, -0.2) is 17.1 Å². The summed E-state index contributed by atoms with van der Waals surface area (Å²) in [6.07, 6.45) is 0.872. The van der Waals surface area contributed by atoms with Crippen molar-refractivity contribution in [2.24, 2.45) is 5.92 Å². The van der Waals surface area contributed by atoms with Crippen molar-refractivity contribution in [1.29, 1.82) is 0 Å². The van der Waals surface area contributed by atoms with Crippen LogP contribution in [0, 0.1) is 11.7 Å². The van der Waals surface area contributed by atoms with Crippen molar-refractivity contribution in [2.45, 2.75) is 18.9 Å². The standard InChI is InChI=1S/C20H22FN3O4S/c21-17-6-4-15(5-7-17)20(26)22-8-9-29(27,28)23-11-14-10-16(13-23)18-2-1-3-19(25)24(18)12-14/h1-7,14,16H,8-13H2,(H,22,26)/t14-,16+/m1/s1. The number of piperidine rings is 1. The van der Waals surface area contributed by atoms with E-state index in [9.17, 15) is 22.4 Å². The van der Waals surface area contributed by atoms with E-state index in [4.69, 9.17) is 0 Å². The molecule has 29 heavy (non-hydrogen) atoms. The number of nitrogens with one attached hydrogen (secondary N) is 1. The van der Waals surface area contributed by atoms with Crippen LogP contribution in [0.2, 0.25) is 0 Å². The SMILES string of the molecule is O=C(NCCS(=O)(=O)N1C[C@H]2C[C@@H](C1)c1cccc(=O)n1C2)c1ccc(F)cc1. The first-order valence-electron chi connectivity index (χ1n) is 9.55. The first kappa shape index (κ1) is 19.8. The number of rotatable bonds is 5. The van der Waals surface area contributed by atoms with Crippen molar-refractivity contribution in [3.63, 3.8) is 0 Å². The number of amides is 1. The van der Waals surface area contributed by atoms with Gasteiger partial charge in [-0.1, -0.05) is 6.07 Å². The molecule has 2 atom stereocenters. The van der Waals surface area contributed by atoms with E-state index < -0.39 is 21.7 Å². The monoisotopic (exact) mass is 419 g/mol. The van der Waals surface area contributed by atoms with Crippen LogP contribution < -0.4 is 10.9 Å². The number of nitrogens with zero attached hydrogens (tertiary/aromatic N) is 2. The van der Waals surface area contributed by atoms with Gasteiger partial charge >= 0.3 is 0 Å². The first-order chi connectivity index (χ1) is 13.8. The molecular weight excluding hydrogens is 397 g/mol. The van der Waals surface area contributed by atoms with E-state index >= 15 is 0 Å². The number of sulfonamides is 1. The molecule has 0 spiro atoms. The lowest BCUT2D eigenvalue weighted by Gasteiger charge is -2.42. The second kappa shape index (κ2) is 7.72. The molecule has 1 amide bonds. The Morgan fingerprint density at radius 2 is 1.86 bits per heavy atom. The van der Waals surface area contributed by atoms with E-state index in [1.54, 1.807) is 10.6 Å². The van der Waals surface area contributed by atoms with Crippen LogP contribution in [-0.4, -0.2) is 48.6 Å². The molecule has 154 valence electrons. The molecule has 4 rings (SSSR count). The summed E-state index contributed by atoms with van der Waals surface area (Å²) in [7, 11) is -3.55. The highest BCUT2D eigenvalue weighted by Gasteiger charge is 2.38. The van der Waals surface area contributed by atoms with Gasteiger partial charge in [-0.3, -0.25) is 9.59 Å². The normalized spacial score (nSPS) is 21.4. The van der Waals surface area contributed by atoms with Crippen molar-refractivity contribution in [2.75, 3.05) is 25.4 Å². The molecule has 2 bridgehead atoms. The Morgan fingerprint density at radius 1 is 1.10 bits per heavy atom. The summed E-state index contributed by atoms with van der Waals surface area (Å²) < 4.78 is 41.8.